The zero-order valence-electron chi connectivity index (χ0n) is 12.3. The Morgan fingerprint density at radius 2 is 2.15 bits per heavy atom. The van der Waals surface area contributed by atoms with Crippen LogP contribution in [0.15, 0.2) is 18.2 Å². The third-order valence-corrected chi connectivity index (χ3v) is 4.05. The van der Waals surface area contributed by atoms with Crippen molar-refractivity contribution in [2.75, 3.05) is 40.8 Å². The first-order chi connectivity index (χ1) is 9.52. The Morgan fingerprint density at radius 3 is 2.85 bits per heavy atom. The molecule has 1 aliphatic rings. The number of hydrogen-bond acceptors (Lipinski definition) is 4. The summed E-state index contributed by atoms with van der Waals surface area (Å²) in [6.45, 7) is 2.88. The van der Waals surface area contributed by atoms with Crippen molar-refractivity contribution >= 4 is 0 Å². The van der Waals surface area contributed by atoms with Crippen LogP contribution in [0.4, 0.5) is 4.39 Å². The second-order valence-corrected chi connectivity index (χ2v) is 5.51. The molecule has 1 N–H and O–H groups in total. The van der Waals surface area contributed by atoms with Crippen molar-refractivity contribution in [3.05, 3.63) is 29.6 Å². The third kappa shape index (κ3) is 3.29. The number of likely N-dealkylation sites (N-methyl/N-ethyl adjacent to an activating group) is 2. The van der Waals surface area contributed by atoms with E-state index in [9.17, 15) is 9.50 Å². The number of aliphatic hydroxyl groups is 1. The maximum Gasteiger partial charge on any atom is 0.170 e. The predicted octanol–water partition coefficient (Wildman–Crippen LogP) is 1.50. The summed E-state index contributed by atoms with van der Waals surface area (Å²) in [7, 11) is 5.54. The minimum atomic E-state index is -0.816. The molecule has 0 amide bonds. The van der Waals surface area contributed by atoms with E-state index in [1.54, 1.807) is 18.2 Å². The van der Waals surface area contributed by atoms with Gasteiger partial charge >= 0.3 is 0 Å². The topological polar surface area (TPSA) is 35.9 Å². The molecule has 0 bridgehead atoms. The van der Waals surface area contributed by atoms with Gasteiger partial charge in [0.05, 0.1) is 13.2 Å². The molecule has 1 heterocycles. The van der Waals surface area contributed by atoms with E-state index in [-0.39, 0.29) is 11.8 Å². The second kappa shape index (κ2) is 6.52. The zero-order chi connectivity index (χ0) is 14.7. The summed E-state index contributed by atoms with van der Waals surface area (Å²) in [6, 6.07) is 5.12. The maximum atomic E-state index is 14.1. The van der Waals surface area contributed by atoms with E-state index in [2.05, 4.69) is 16.8 Å². The van der Waals surface area contributed by atoms with Crippen LogP contribution in [0.1, 0.15) is 18.1 Å². The Hall–Kier alpha value is -1.17. The second-order valence-electron chi connectivity index (χ2n) is 5.51. The number of piperazine rings is 1. The molecular weight excluding hydrogens is 259 g/mol. The predicted molar refractivity (Wildman–Crippen MR) is 76.4 cm³/mol. The van der Waals surface area contributed by atoms with E-state index < -0.39 is 11.9 Å². The van der Waals surface area contributed by atoms with Crippen LogP contribution in [0.3, 0.4) is 0 Å². The maximum absolute atomic E-state index is 14.1. The minimum absolute atomic E-state index is 0.177. The summed E-state index contributed by atoms with van der Waals surface area (Å²) in [5, 5.41) is 10.3. The lowest BCUT2D eigenvalue weighted by molar-refractivity contribution is 0.0620. The molecule has 1 saturated heterocycles. The summed E-state index contributed by atoms with van der Waals surface area (Å²) >= 11 is 0. The molecule has 0 aliphatic carbocycles. The number of aliphatic hydroxyl groups excluding tert-OH is 1. The van der Waals surface area contributed by atoms with E-state index in [1.807, 2.05) is 7.05 Å². The highest BCUT2D eigenvalue weighted by Gasteiger charge is 2.26. The molecule has 1 aliphatic heterocycles. The number of halogens is 1. The SMILES string of the molecule is COc1cccc(C(O)CC2CN(C)CCN2C)c1F. The highest BCUT2D eigenvalue weighted by Crippen LogP contribution is 2.28. The van der Waals surface area contributed by atoms with Gasteiger partial charge in [-0.1, -0.05) is 12.1 Å². The van der Waals surface area contributed by atoms with Crippen molar-refractivity contribution in [1.82, 2.24) is 9.80 Å². The van der Waals surface area contributed by atoms with Crippen LogP contribution in [0.5, 0.6) is 5.75 Å². The molecule has 2 atom stereocenters. The molecule has 1 aromatic carbocycles. The summed E-state index contributed by atoms with van der Waals surface area (Å²) in [6.07, 6.45) is -0.297. The highest BCUT2D eigenvalue weighted by molar-refractivity contribution is 5.32. The lowest BCUT2D eigenvalue weighted by Gasteiger charge is -2.38. The van der Waals surface area contributed by atoms with Gasteiger partial charge in [-0.05, 0) is 26.6 Å². The number of benzene rings is 1. The lowest BCUT2D eigenvalue weighted by Crippen LogP contribution is -2.50. The van der Waals surface area contributed by atoms with Gasteiger partial charge in [0.15, 0.2) is 11.6 Å². The van der Waals surface area contributed by atoms with Crippen LogP contribution in [0.2, 0.25) is 0 Å². The van der Waals surface area contributed by atoms with Gasteiger partial charge in [0.2, 0.25) is 0 Å². The van der Waals surface area contributed by atoms with Gasteiger partial charge in [-0.15, -0.1) is 0 Å². The van der Waals surface area contributed by atoms with Gasteiger partial charge in [0.1, 0.15) is 0 Å². The van der Waals surface area contributed by atoms with Gasteiger partial charge in [0.25, 0.3) is 0 Å². The van der Waals surface area contributed by atoms with Gasteiger partial charge in [0, 0.05) is 31.2 Å². The zero-order valence-corrected chi connectivity index (χ0v) is 12.3. The molecule has 0 spiro atoms. The molecule has 2 rings (SSSR count). The van der Waals surface area contributed by atoms with Gasteiger partial charge in [-0.25, -0.2) is 4.39 Å². The fourth-order valence-corrected chi connectivity index (χ4v) is 2.68. The Kier molecular flexibility index (Phi) is 4.96. The molecule has 20 heavy (non-hydrogen) atoms. The number of ether oxygens (including phenoxy) is 1. The van der Waals surface area contributed by atoms with Gasteiger partial charge in [-0.2, -0.15) is 0 Å². The average molecular weight is 282 g/mol. The molecule has 0 saturated carbocycles. The molecule has 112 valence electrons. The van der Waals surface area contributed by atoms with Crippen molar-refractivity contribution in [3.63, 3.8) is 0 Å². The molecule has 0 aromatic heterocycles. The van der Waals surface area contributed by atoms with E-state index in [4.69, 9.17) is 4.74 Å². The van der Waals surface area contributed by atoms with Crippen LogP contribution in [-0.4, -0.2) is 61.8 Å². The molecule has 1 fully saturated rings. The van der Waals surface area contributed by atoms with Crippen LogP contribution in [0, 0.1) is 5.82 Å². The number of nitrogens with zero attached hydrogens (tertiary/aromatic N) is 2. The van der Waals surface area contributed by atoms with Crippen molar-refractivity contribution in [1.29, 1.82) is 0 Å². The van der Waals surface area contributed by atoms with E-state index >= 15 is 0 Å². The first kappa shape index (κ1) is 15.2. The summed E-state index contributed by atoms with van der Waals surface area (Å²) < 4.78 is 19.1. The van der Waals surface area contributed by atoms with Gasteiger partial charge < -0.3 is 19.6 Å². The highest BCUT2D eigenvalue weighted by atomic mass is 19.1. The lowest BCUT2D eigenvalue weighted by atomic mass is 9.99. The Morgan fingerprint density at radius 1 is 1.40 bits per heavy atom. The Labute approximate surface area is 119 Å². The summed E-state index contributed by atoms with van der Waals surface area (Å²) in [5.74, 6) is -0.287. The van der Waals surface area contributed by atoms with Crippen molar-refractivity contribution in [3.8, 4) is 5.75 Å². The van der Waals surface area contributed by atoms with Crippen LogP contribution in [0.25, 0.3) is 0 Å². The Bertz CT molecular complexity index is 455. The number of rotatable bonds is 4. The normalized spacial score (nSPS) is 22.8. The first-order valence-corrected chi connectivity index (χ1v) is 6.92. The van der Waals surface area contributed by atoms with E-state index in [1.165, 1.54) is 7.11 Å². The Balaban J connectivity index is 2.09. The fourth-order valence-electron chi connectivity index (χ4n) is 2.68. The summed E-state index contributed by atoms with van der Waals surface area (Å²) in [5.41, 5.74) is 0.311. The molecule has 4 nitrogen and oxygen atoms in total. The molecular formula is C15H23FN2O2. The molecule has 5 heteroatoms. The largest absolute Gasteiger partial charge is 0.494 e. The van der Waals surface area contributed by atoms with Crippen LogP contribution in [-0.2, 0) is 0 Å². The van der Waals surface area contributed by atoms with E-state index in [0.29, 0.717) is 12.0 Å². The van der Waals surface area contributed by atoms with Crippen LogP contribution >= 0.6 is 0 Å². The van der Waals surface area contributed by atoms with Crippen LogP contribution < -0.4 is 4.74 Å². The first-order valence-electron chi connectivity index (χ1n) is 6.92. The quantitative estimate of drug-likeness (QED) is 0.908. The van der Waals surface area contributed by atoms with Gasteiger partial charge in [-0.3, -0.25) is 0 Å². The molecule has 1 aromatic rings. The van der Waals surface area contributed by atoms with Crippen molar-refractivity contribution in [2.45, 2.75) is 18.6 Å². The van der Waals surface area contributed by atoms with Crippen molar-refractivity contribution < 1.29 is 14.2 Å². The number of methoxy groups -OCH3 is 1. The molecule has 0 radical (unpaired) electrons. The third-order valence-electron chi connectivity index (χ3n) is 4.05. The standard InChI is InChI=1S/C15H23FN2O2/c1-17-7-8-18(2)11(10-17)9-13(19)12-5-4-6-14(20-3)15(12)16/h4-6,11,13,19H,7-10H2,1-3H3. The summed E-state index contributed by atoms with van der Waals surface area (Å²) in [4.78, 5) is 4.46. The van der Waals surface area contributed by atoms with E-state index in [0.717, 1.165) is 19.6 Å². The smallest absolute Gasteiger partial charge is 0.170 e. The average Bonchev–Trinajstić information content (AvgIpc) is 2.43. The molecule has 2 unspecified atom stereocenters. The van der Waals surface area contributed by atoms with Crippen molar-refractivity contribution in [2.24, 2.45) is 0 Å². The number of hydrogen-bond donors (Lipinski definition) is 1. The monoisotopic (exact) mass is 282 g/mol. The minimum Gasteiger partial charge on any atom is -0.494 e. The fraction of sp³-hybridized carbons (Fsp3) is 0.600.